The molecule has 1 heterocycles. The molecule has 1 aliphatic rings. The van der Waals surface area contributed by atoms with Crippen LogP contribution in [0.2, 0.25) is 0 Å². The first kappa shape index (κ1) is 19.5. The van der Waals surface area contributed by atoms with Crippen molar-refractivity contribution in [3.63, 3.8) is 0 Å². The monoisotopic (exact) mass is 333 g/mol. The number of hydrogen-bond acceptors (Lipinski definition) is 7. The summed E-state index contributed by atoms with van der Waals surface area (Å²) in [4.78, 5) is 22.8. The third kappa shape index (κ3) is 4.72. The number of aliphatic hydroxyl groups is 3. The zero-order valence-corrected chi connectivity index (χ0v) is 13.2. The van der Waals surface area contributed by atoms with E-state index in [0.29, 0.717) is 0 Å². The molecule has 0 saturated carbocycles. The Morgan fingerprint density at radius 2 is 2.00 bits per heavy atom. The molecule has 0 spiro atoms. The first-order valence-corrected chi connectivity index (χ1v) is 7.15. The lowest BCUT2D eigenvalue weighted by Crippen LogP contribution is -2.61. The van der Waals surface area contributed by atoms with Crippen molar-refractivity contribution < 1.29 is 39.5 Å². The molecular formula is C14H23NO8. The van der Waals surface area contributed by atoms with Gasteiger partial charge in [-0.3, -0.25) is 4.79 Å². The number of aliphatic carboxylic acids is 1. The molecular weight excluding hydrogens is 310 g/mol. The number of aliphatic hydroxyl groups excluding tert-OH is 3. The fraction of sp³-hybridized carbons (Fsp3) is 0.714. The van der Waals surface area contributed by atoms with Gasteiger partial charge in [0.15, 0.2) is 0 Å². The number of ether oxygens (including phenoxy) is 2. The highest BCUT2D eigenvalue weighted by atomic mass is 16.7. The maximum absolute atomic E-state index is 11.6. The predicted octanol–water partition coefficient (Wildman–Crippen LogP) is -1.63. The SMILES string of the molecule is CC(=O)NC1C=CC(OC(C)C)(C(=O)O)OC1C(O)C(O)CO. The van der Waals surface area contributed by atoms with E-state index in [9.17, 15) is 24.9 Å². The Bertz CT molecular complexity index is 466. The van der Waals surface area contributed by atoms with E-state index >= 15 is 0 Å². The Kier molecular flexibility index (Phi) is 6.66. The predicted molar refractivity (Wildman–Crippen MR) is 77.3 cm³/mol. The number of amides is 1. The molecule has 0 aromatic carbocycles. The molecule has 0 bridgehead atoms. The largest absolute Gasteiger partial charge is 0.477 e. The topological polar surface area (TPSA) is 146 Å². The summed E-state index contributed by atoms with van der Waals surface area (Å²) >= 11 is 0. The third-order valence-corrected chi connectivity index (χ3v) is 3.18. The van der Waals surface area contributed by atoms with E-state index in [2.05, 4.69) is 5.32 Å². The van der Waals surface area contributed by atoms with Crippen molar-refractivity contribution in [3.8, 4) is 0 Å². The van der Waals surface area contributed by atoms with Crippen molar-refractivity contribution in [2.24, 2.45) is 0 Å². The van der Waals surface area contributed by atoms with Gasteiger partial charge in [0.1, 0.15) is 18.3 Å². The van der Waals surface area contributed by atoms with Crippen LogP contribution >= 0.6 is 0 Å². The highest BCUT2D eigenvalue weighted by Crippen LogP contribution is 2.29. The Labute approximate surface area is 133 Å². The Morgan fingerprint density at radius 3 is 2.43 bits per heavy atom. The molecule has 1 amide bonds. The molecule has 5 N–H and O–H groups in total. The van der Waals surface area contributed by atoms with Gasteiger partial charge in [0.05, 0.1) is 18.8 Å². The molecule has 23 heavy (non-hydrogen) atoms. The Hall–Kier alpha value is -1.52. The first-order valence-electron chi connectivity index (χ1n) is 7.15. The van der Waals surface area contributed by atoms with Crippen LogP contribution in [0.25, 0.3) is 0 Å². The maximum Gasteiger partial charge on any atom is 0.368 e. The van der Waals surface area contributed by atoms with Crippen LogP contribution in [0.4, 0.5) is 0 Å². The van der Waals surface area contributed by atoms with Gasteiger partial charge in [0, 0.05) is 6.92 Å². The van der Waals surface area contributed by atoms with E-state index in [1.165, 1.54) is 13.0 Å². The third-order valence-electron chi connectivity index (χ3n) is 3.18. The molecule has 0 radical (unpaired) electrons. The molecule has 9 heteroatoms. The van der Waals surface area contributed by atoms with Crippen molar-refractivity contribution >= 4 is 11.9 Å². The van der Waals surface area contributed by atoms with Gasteiger partial charge in [-0.15, -0.1) is 0 Å². The second-order valence-electron chi connectivity index (χ2n) is 5.55. The highest BCUT2D eigenvalue weighted by molar-refractivity contribution is 5.79. The number of rotatable bonds is 7. The van der Waals surface area contributed by atoms with Gasteiger partial charge in [-0.25, -0.2) is 4.79 Å². The van der Waals surface area contributed by atoms with Crippen molar-refractivity contribution in [1.82, 2.24) is 5.32 Å². The summed E-state index contributed by atoms with van der Waals surface area (Å²) in [6.07, 6.45) is -2.61. The molecule has 0 saturated heterocycles. The zero-order valence-electron chi connectivity index (χ0n) is 13.2. The molecule has 5 atom stereocenters. The van der Waals surface area contributed by atoms with Crippen LogP contribution in [-0.2, 0) is 19.1 Å². The summed E-state index contributed by atoms with van der Waals surface area (Å²) in [5.41, 5.74) is 0. The lowest BCUT2D eigenvalue weighted by atomic mass is 9.96. The van der Waals surface area contributed by atoms with Gasteiger partial charge in [-0.1, -0.05) is 6.08 Å². The summed E-state index contributed by atoms with van der Waals surface area (Å²) in [5, 5.41) is 40.6. The molecule has 0 aliphatic carbocycles. The lowest BCUT2D eigenvalue weighted by Gasteiger charge is -2.41. The van der Waals surface area contributed by atoms with Gasteiger partial charge in [-0.2, -0.15) is 0 Å². The maximum atomic E-state index is 11.6. The molecule has 9 nitrogen and oxygen atoms in total. The molecule has 0 fully saturated rings. The van der Waals surface area contributed by atoms with Gasteiger partial charge in [0.2, 0.25) is 5.91 Å². The second-order valence-corrected chi connectivity index (χ2v) is 5.55. The number of carbonyl (C=O) groups is 2. The highest BCUT2D eigenvalue weighted by Gasteiger charge is 2.49. The van der Waals surface area contributed by atoms with Gasteiger partial charge >= 0.3 is 5.97 Å². The van der Waals surface area contributed by atoms with Crippen molar-refractivity contribution in [2.75, 3.05) is 6.61 Å². The summed E-state index contributed by atoms with van der Waals surface area (Å²) in [6, 6.07) is -0.896. The van der Waals surface area contributed by atoms with E-state index in [1.54, 1.807) is 13.8 Å². The van der Waals surface area contributed by atoms with Gasteiger partial charge in [-0.05, 0) is 19.9 Å². The number of hydrogen-bond donors (Lipinski definition) is 5. The summed E-state index contributed by atoms with van der Waals surface area (Å²) in [6.45, 7) is 3.69. The normalized spacial score (nSPS) is 30.0. The van der Waals surface area contributed by atoms with Crippen LogP contribution < -0.4 is 5.32 Å². The Morgan fingerprint density at radius 1 is 1.39 bits per heavy atom. The van der Waals surface area contributed by atoms with Crippen LogP contribution in [0.1, 0.15) is 20.8 Å². The van der Waals surface area contributed by atoms with E-state index in [4.69, 9.17) is 14.6 Å². The fourth-order valence-electron chi connectivity index (χ4n) is 2.22. The fourth-order valence-corrected chi connectivity index (χ4v) is 2.22. The smallest absolute Gasteiger partial charge is 0.368 e. The summed E-state index contributed by atoms with van der Waals surface area (Å²) in [7, 11) is 0. The Balaban J connectivity index is 3.18. The van der Waals surface area contributed by atoms with Crippen molar-refractivity contribution in [3.05, 3.63) is 12.2 Å². The van der Waals surface area contributed by atoms with Crippen LogP contribution in [0.3, 0.4) is 0 Å². The van der Waals surface area contributed by atoms with E-state index < -0.39 is 54.7 Å². The number of carboxylic acids is 1. The van der Waals surface area contributed by atoms with Crippen LogP contribution in [0.15, 0.2) is 12.2 Å². The van der Waals surface area contributed by atoms with Crippen LogP contribution in [0.5, 0.6) is 0 Å². The average Bonchev–Trinajstić information content (AvgIpc) is 2.46. The van der Waals surface area contributed by atoms with Crippen molar-refractivity contribution in [2.45, 2.75) is 57.0 Å². The number of carboxylic acid groups (broad SMARTS) is 1. The molecule has 0 aromatic rings. The van der Waals surface area contributed by atoms with Gasteiger partial charge < -0.3 is 35.2 Å². The van der Waals surface area contributed by atoms with Crippen molar-refractivity contribution in [1.29, 1.82) is 0 Å². The van der Waals surface area contributed by atoms with Crippen LogP contribution in [0, 0.1) is 0 Å². The number of carbonyl (C=O) groups excluding carboxylic acids is 1. The first-order chi connectivity index (χ1) is 10.6. The molecule has 5 unspecified atom stereocenters. The molecule has 132 valence electrons. The second kappa shape index (κ2) is 7.84. The van der Waals surface area contributed by atoms with Gasteiger partial charge in [0.25, 0.3) is 5.79 Å². The minimum Gasteiger partial charge on any atom is -0.477 e. The standard InChI is InChI=1S/C14H23NO8/c1-7(2)22-14(13(20)21)5-4-9(15-8(3)17)12(23-14)11(19)10(18)6-16/h4-5,7,9-12,16,18-19H,6H2,1-3H3,(H,15,17)(H,20,21). The molecule has 1 rings (SSSR count). The van der Waals surface area contributed by atoms with Crippen LogP contribution in [-0.4, -0.2) is 75.2 Å². The average molecular weight is 333 g/mol. The lowest BCUT2D eigenvalue weighted by molar-refractivity contribution is -0.271. The molecule has 1 aliphatic heterocycles. The van der Waals surface area contributed by atoms with E-state index in [0.717, 1.165) is 6.08 Å². The van der Waals surface area contributed by atoms with E-state index in [1.807, 2.05) is 0 Å². The summed E-state index contributed by atoms with van der Waals surface area (Å²) < 4.78 is 10.7. The summed E-state index contributed by atoms with van der Waals surface area (Å²) in [5.74, 6) is -4.05. The minimum atomic E-state index is -2.16. The van der Waals surface area contributed by atoms with E-state index in [-0.39, 0.29) is 0 Å². The quantitative estimate of drug-likeness (QED) is 0.349. The number of nitrogens with one attached hydrogen (secondary N) is 1. The molecule has 0 aromatic heterocycles. The minimum absolute atomic E-state index is 0.438. The zero-order chi connectivity index (χ0) is 17.8.